The van der Waals surface area contributed by atoms with Crippen LogP contribution < -0.4 is 19.7 Å². The third kappa shape index (κ3) is 4.17. The van der Waals surface area contributed by atoms with E-state index in [9.17, 15) is 10.1 Å². The topological polar surface area (TPSA) is 76.9 Å². The Balaban J connectivity index is 1.69. The summed E-state index contributed by atoms with van der Waals surface area (Å²) >= 11 is 0. The van der Waals surface area contributed by atoms with Crippen LogP contribution in [0.3, 0.4) is 0 Å². The van der Waals surface area contributed by atoms with Gasteiger partial charge in [-0.15, -0.1) is 0 Å². The average molecular weight is 357 g/mol. The van der Waals surface area contributed by atoms with Crippen molar-refractivity contribution < 1.29 is 14.4 Å². The summed E-state index contributed by atoms with van der Waals surface area (Å²) in [6, 6.07) is 12.8. The number of nitrogens with zero attached hydrogens (tertiary/aromatic N) is 2. The molecule has 7 heteroatoms. The number of piperidine rings is 1. The summed E-state index contributed by atoms with van der Waals surface area (Å²) in [4.78, 5) is 12.7. The summed E-state index contributed by atoms with van der Waals surface area (Å²) in [5.41, 5.74) is 2.07. The number of non-ortho nitro benzene ring substituents is 1. The van der Waals surface area contributed by atoms with Crippen LogP contribution in [0, 0.1) is 10.1 Å². The second-order valence-corrected chi connectivity index (χ2v) is 6.30. The van der Waals surface area contributed by atoms with E-state index in [1.54, 1.807) is 26.4 Å². The number of rotatable bonds is 6. The number of anilines is 2. The molecule has 1 aliphatic rings. The third-order valence-corrected chi connectivity index (χ3v) is 4.57. The number of nitro groups is 1. The first kappa shape index (κ1) is 17.8. The molecule has 2 aromatic carbocycles. The Morgan fingerprint density at radius 3 is 2.35 bits per heavy atom. The van der Waals surface area contributed by atoms with Crippen molar-refractivity contribution in [3.8, 4) is 11.5 Å². The van der Waals surface area contributed by atoms with Gasteiger partial charge in [-0.25, -0.2) is 0 Å². The quantitative estimate of drug-likeness (QED) is 0.627. The number of benzene rings is 2. The van der Waals surface area contributed by atoms with Crippen molar-refractivity contribution in [2.45, 2.75) is 18.9 Å². The normalized spacial score (nSPS) is 16.8. The second-order valence-electron chi connectivity index (χ2n) is 6.30. The molecule has 0 spiro atoms. The van der Waals surface area contributed by atoms with E-state index in [4.69, 9.17) is 9.47 Å². The van der Waals surface area contributed by atoms with Crippen LogP contribution in [0.2, 0.25) is 0 Å². The molecule has 1 saturated heterocycles. The molecule has 0 amide bonds. The molecular weight excluding hydrogens is 334 g/mol. The maximum Gasteiger partial charge on any atom is 0.269 e. The fourth-order valence-corrected chi connectivity index (χ4v) is 3.24. The Morgan fingerprint density at radius 1 is 1.12 bits per heavy atom. The molecule has 0 bridgehead atoms. The Bertz CT molecular complexity index is 742. The zero-order chi connectivity index (χ0) is 18.5. The van der Waals surface area contributed by atoms with Gasteiger partial charge in [0.1, 0.15) is 11.5 Å². The van der Waals surface area contributed by atoms with E-state index in [-0.39, 0.29) is 16.7 Å². The highest BCUT2D eigenvalue weighted by molar-refractivity contribution is 5.56. The molecule has 2 aromatic rings. The molecule has 1 atom stereocenters. The van der Waals surface area contributed by atoms with Crippen LogP contribution in [0.1, 0.15) is 12.8 Å². The Hall–Kier alpha value is -2.96. The summed E-state index contributed by atoms with van der Waals surface area (Å²) in [6.45, 7) is 1.77. The van der Waals surface area contributed by atoms with E-state index < -0.39 is 0 Å². The zero-order valence-electron chi connectivity index (χ0n) is 15.0. The van der Waals surface area contributed by atoms with Gasteiger partial charge in [0.25, 0.3) is 5.69 Å². The highest BCUT2D eigenvalue weighted by Crippen LogP contribution is 2.28. The van der Waals surface area contributed by atoms with Gasteiger partial charge in [-0.1, -0.05) is 0 Å². The van der Waals surface area contributed by atoms with Gasteiger partial charge in [0.15, 0.2) is 0 Å². The molecule has 26 heavy (non-hydrogen) atoms. The van der Waals surface area contributed by atoms with E-state index in [0.29, 0.717) is 0 Å². The van der Waals surface area contributed by atoms with Crippen molar-refractivity contribution in [2.75, 3.05) is 37.5 Å². The number of hydrogen-bond donors (Lipinski definition) is 1. The van der Waals surface area contributed by atoms with Crippen LogP contribution in [-0.4, -0.2) is 38.3 Å². The minimum absolute atomic E-state index is 0.115. The lowest BCUT2D eigenvalue weighted by atomic mass is 10.0. The number of nitrogens with one attached hydrogen (secondary N) is 1. The molecule has 0 aromatic heterocycles. The molecule has 1 fully saturated rings. The predicted molar refractivity (Wildman–Crippen MR) is 102 cm³/mol. The molecule has 7 nitrogen and oxygen atoms in total. The van der Waals surface area contributed by atoms with Crippen LogP contribution >= 0.6 is 0 Å². The van der Waals surface area contributed by atoms with Gasteiger partial charge in [-0.05, 0) is 25.0 Å². The van der Waals surface area contributed by atoms with Gasteiger partial charge in [0, 0.05) is 60.8 Å². The van der Waals surface area contributed by atoms with Crippen molar-refractivity contribution in [3.63, 3.8) is 0 Å². The summed E-state index contributed by atoms with van der Waals surface area (Å²) in [7, 11) is 3.27. The van der Waals surface area contributed by atoms with E-state index in [0.717, 1.165) is 48.8 Å². The van der Waals surface area contributed by atoms with Crippen molar-refractivity contribution in [1.82, 2.24) is 0 Å². The van der Waals surface area contributed by atoms with Crippen LogP contribution in [0.4, 0.5) is 17.1 Å². The number of ether oxygens (including phenoxy) is 2. The van der Waals surface area contributed by atoms with Crippen LogP contribution in [0.15, 0.2) is 42.5 Å². The Morgan fingerprint density at radius 2 is 1.77 bits per heavy atom. The molecule has 138 valence electrons. The largest absolute Gasteiger partial charge is 0.497 e. The van der Waals surface area contributed by atoms with Crippen molar-refractivity contribution >= 4 is 17.1 Å². The first-order valence-electron chi connectivity index (χ1n) is 8.58. The maximum atomic E-state index is 10.8. The lowest BCUT2D eigenvalue weighted by molar-refractivity contribution is -0.384. The molecule has 1 aliphatic heterocycles. The summed E-state index contributed by atoms with van der Waals surface area (Å²) in [5, 5.41) is 14.4. The van der Waals surface area contributed by atoms with Gasteiger partial charge in [0.05, 0.1) is 19.1 Å². The van der Waals surface area contributed by atoms with E-state index in [1.807, 2.05) is 30.3 Å². The summed E-state index contributed by atoms with van der Waals surface area (Å²) < 4.78 is 10.6. The number of hydrogen-bond acceptors (Lipinski definition) is 6. The fraction of sp³-hybridized carbons (Fsp3) is 0.368. The minimum Gasteiger partial charge on any atom is -0.497 e. The monoisotopic (exact) mass is 357 g/mol. The standard InChI is InChI=1S/C19H23N3O4/c1-25-18-10-15(11-19(12-18)26-2)20-14-4-3-9-21(13-14)16-5-7-17(8-6-16)22(23)24/h5-8,10-12,14,20H,3-4,9,13H2,1-2H3. The predicted octanol–water partition coefficient (Wildman–Crippen LogP) is 3.69. The lowest BCUT2D eigenvalue weighted by Gasteiger charge is -2.35. The van der Waals surface area contributed by atoms with Crippen LogP contribution in [0.5, 0.6) is 11.5 Å². The van der Waals surface area contributed by atoms with E-state index in [2.05, 4.69) is 10.2 Å². The summed E-state index contributed by atoms with van der Waals surface area (Å²) in [5.74, 6) is 1.49. The Kier molecular flexibility index (Phi) is 5.46. The molecule has 1 unspecified atom stereocenters. The van der Waals surface area contributed by atoms with Crippen molar-refractivity contribution in [1.29, 1.82) is 0 Å². The highest BCUT2D eigenvalue weighted by atomic mass is 16.6. The van der Waals surface area contributed by atoms with Crippen LogP contribution in [0.25, 0.3) is 0 Å². The minimum atomic E-state index is -0.374. The van der Waals surface area contributed by atoms with E-state index in [1.165, 1.54) is 0 Å². The van der Waals surface area contributed by atoms with Gasteiger partial charge >= 0.3 is 0 Å². The fourth-order valence-electron chi connectivity index (χ4n) is 3.24. The SMILES string of the molecule is COc1cc(NC2CCCN(c3ccc([N+](=O)[O-])cc3)C2)cc(OC)c1. The highest BCUT2D eigenvalue weighted by Gasteiger charge is 2.21. The van der Waals surface area contributed by atoms with Crippen LogP contribution in [-0.2, 0) is 0 Å². The Labute approximate surface area is 152 Å². The molecule has 3 rings (SSSR count). The second kappa shape index (κ2) is 7.95. The molecule has 0 radical (unpaired) electrons. The molecule has 1 N–H and O–H groups in total. The molecular formula is C19H23N3O4. The zero-order valence-corrected chi connectivity index (χ0v) is 15.0. The van der Waals surface area contributed by atoms with Crippen molar-refractivity contribution in [3.05, 3.63) is 52.6 Å². The van der Waals surface area contributed by atoms with Gasteiger partial charge in [-0.3, -0.25) is 10.1 Å². The van der Waals surface area contributed by atoms with Crippen molar-refractivity contribution in [2.24, 2.45) is 0 Å². The molecule has 1 heterocycles. The average Bonchev–Trinajstić information content (AvgIpc) is 2.68. The summed E-state index contributed by atoms with van der Waals surface area (Å²) in [6.07, 6.45) is 2.11. The van der Waals surface area contributed by atoms with Gasteiger partial charge in [-0.2, -0.15) is 0 Å². The molecule has 0 saturated carbocycles. The number of nitro benzene ring substituents is 1. The third-order valence-electron chi connectivity index (χ3n) is 4.57. The smallest absolute Gasteiger partial charge is 0.269 e. The maximum absolute atomic E-state index is 10.8. The first-order valence-corrected chi connectivity index (χ1v) is 8.58. The number of methoxy groups -OCH3 is 2. The van der Waals surface area contributed by atoms with Gasteiger partial charge < -0.3 is 19.7 Å². The lowest BCUT2D eigenvalue weighted by Crippen LogP contribution is -2.42. The molecule has 0 aliphatic carbocycles. The van der Waals surface area contributed by atoms with Gasteiger partial charge in [0.2, 0.25) is 0 Å². The van der Waals surface area contributed by atoms with E-state index >= 15 is 0 Å². The first-order chi connectivity index (χ1) is 12.6.